The van der Waals surface area contributed by atoms with E-state index in [1.807, 2.05) is 6.92 Å². The van der Waals surface area contributed by atoms with Gasteiger partial charge in [0.2, 0.25) is 16.9 Å². The van der Waals surface area contributed by atoms with Crippen LogP contribution >= 0.6 is 23.1 Å². The topological polar surface area (TPSA) is 121 Å². The number of nitrogens with one attached hydrogen (secondary N) is 2. The summed E-state index contributed by atoms with van der Waals surface area (Å²) < 4.78 is 0. The Morgan fingerprint density at radius 1 is 1.19 bits per heavy atom. The number of aryl methyl sites for hydroxylation is 1. The lowest BCUT2D eigenvalue weighted by Gasteiger charge is -2.11. The van der Waals surface area contributed by atoms with Crippen molar-refractivity contribution in [1.29, 1.82) is 0 Å². The van der Waals surface area contributed by atoms with Crippen LogP contribution in [0.2, 0.25) is 0 Å². The third-order valence-electron chi connectivity index (χ3n) is 3.25. The first-order valence-corrected chi connectivity index (χ1v) is 9.54. The number of carboxylic acids is 1. The van der Waals surface area contributed by atoms with E-state index in [1.54, 1.807) is 31.2 Å². The number of carboxylic acid groups (broad SMARTS) is 1. The molecule has 142 valence electrons. The van der Waals surface area contributed by atoms with Gasteiger partial charge in [-0.05, 0) is 45.0 Å². The molecule has 3 N–H and O–H groups in total. The molecule has 0 aliphatic carbocycles. The SMILES string of the molecule is C/C(=C\C(=O)Nc1ccc(S[C@H](C)C(=O)Nc2nnc(C)s2)cc1)C(=O)O. The average molecular weight is 406 g/mol. The number of hydrogen-bond donors (Lipinski definition) is 3. The van der Waals surface area contributed by atoms with E-state index in [0.717, 1.165) is 16.0 Å². The summed E-state index contributed by atoms with van der Waals surface area (Å²) in [6, 6.07) is 6.91. The van der Waals surface area contributed by atoms with Gasteiger partial charge in [0.15, 0.2) is 0 Å². The van der Waals surface area contributed by atoms with E-state index in [2.05, 4.69) is 20.8 Å². The largest absolute Gasteiger partial charge is 0.478 e. The minimum Gasteiger partial charge on any atom is -0.478 e. The highest BCUT2D eigenvalue weighted by Crippen LogP contribution is 2.26. The molecule has 1 aromatic heterocycles. The summed E-state index contributed by atoms with van der Waals surface area (Å²) >= 11 is 2.67. The summed E-state index contributed by atoms with van der Waals surface area (Å²) in [4.78, 5) is 35.5. The number of rotatable bonds is 7. The number of anilines is 2. The van der Waals surface area contributed by atoms with Crippen molar-refractivity contribution in [2.45, 2.75) is 30.9 Å². The maximum absolute atomic E-state index is 12.2. The minimum atomic E-state index is -1.15. The van der Waals surface area contributed by atoms with E-state index in [1.165, 1.54) is 30.0 Å². The Balaban J connectivity index is 1.90. The van der Waals surface area contributed by atoms with Gasteiger partial charge < -0.3 is 10.4 Å². The lowest BCUT2D eigenvalue weighted by atomic mass is 10.2. The highest BCUT2D eigenvalue weighted by atomic mass is 32.2. The Kier molecular flexibility index (Phi) is 7.08. The third kappa shape index (κ3) is 6.50. The van der Waals surface area contributed by atoms with Gasteiger partial charge in [0, 0.05) is 22.2 Å². The van der Waals surface area contributed by atoms with Gasteiger partial charge in [-0.2, -0.15) is 0 Å². The monoisotopic (exact) mass is 406 g/mol. The first-order chi connectivity index (χ1) is 12.7. The minimum absolute atomic E-state index is 0.0508. The zero-order valence-electron chi connectivity index (χ0n) is 14.8. The van der Waals surface area contributed by atoms with Gasteiger partial charge in [0.05, 0.1) is 5.25 Å². The molecular weight excluding hydrogens is 388 g/mol. The van der Waals surface area contributed by atoms with Crippen LogP contribution in [0.5, 0.6) is 0 Å². The van der Waals surface area contributed by atoms with E-state index in [4.69, 9.17) is 5.11 Å². The van der Waals surface area contributed by atoms with Gasteiger partial charge >= 0.3 is 5.97 Å². The Morgan fingerprint density at radius 2 is 1.85 bits per heavy atom. The van der Waals surface area contributed by atoms with E-state index in [9.17, 15) is 14.4 Å². The van der Waals surface area contributed by atoms with Gasteiger partial charge in [-0.3, -0.25) is 14.9 Å². The number of aromatic nitrogens is 2. The molecule has 1 heterocycles. The lowest BCUT2D eigenvalue weighted by Crippen LogP contribution is -2.22. The average Bonchev–Trinajstić information content (AvgIpc) is 3.01. The second kappa shape index (κ2) is 9.28. The van der Waals surface area contributed by atoms with Gasteiger partial charge in [-0.1, -0.05) is 11.3 Å². The highest BCUT2D eigenvalue weighted by Gasteiger charge is 2.16. The molecule has 2 amide bonds. The van der Waals surface area contributed by atoms with E-state index < -0.39 is 11.9 Å². The molecule has 27 heavy (non-hydrogen) atoms. The molecule has 10 heteroatoms. The number of hydrogen-bond acceptors (Lipinski definition) is 7. The number of aliphatic carboxylic acids is 1. The van der Waals surface area contributed by atoms with Gasteiger partial charge in [0.1, 0.15) is 5.01 Å². The molecule has 8 nitrogen and oxygen atoms in total. The first-order valence-electron chi connectivity index (χ1n) is 7.85. The fourth-order valence-electron chi connectivity index (χ4n) is 1.87. The standard InChI is InChI=1S/C17H18N4O4S2/c1-9(16(24)25)8-14(22)18-12-4-6-13(7-5-12)26-10(2)15(23)19-17-21-20-11(3)27-17/h4-8,10H,1-3H3,(H,18,22)(H,24,25)(H,19,21,23)/b9-8+/t10-/m1/s1. The molecule has 0 radical (unpaired) electrons. The van der Waals surface area contributed by atoms with E-state index in [0.29, 0.717) is 10.8 Å². The van der Waals surface area contributed by atoms with Crippen LogP contribution in [-0.4, -0.2) is 38.3 Å². The smallest absolute Gasteiger partial charge is 0.331 e. The van der Waals surface area contributed by atoms with Crippen molar-refractivity contribution in [2.75, 3.05) is 10.6 Å². The predicted octanol–water partition coefficient (Wildman–Crippen LogP) is 2.94. The summed E-state index contributed by atoms with van der Waals surface area (Å²) in [5.41, 5.74) is 0.477. The molecule has 0 aliphatic rings. The molecule has 0 saturated heterocycles. The second-order valence-electron chi connectivity index (χ2n) is 5.52. The summed E-state index contributed by atoms with van der Waals surface area (Å²) in [5, 5.41) is 22.7. The molecule has 2 aromatic rings. The Hall–Kier alpha value is -2.72. The summed E-state index contributed by atoms with van der Waals surface area (Å²) in [7, 11) is 0. The molecule has 1 atom stereocenters. The van der Waals surface area contributed by atoms with Crippen molar-refractivity contribution >= 4 is 51.7 Å². The normalized spacial score (nSPS) is 12.3. The number of carbonyl (C=O) groups excluding carboxylic acids is 2. The molecule has 0 aliphatic heterocycles. The zero-order valence-corrected chi connectivity index (χ0v) is 16.5. The van der Waals surface area contributed by atoms with Crippen LogP contribution in [-0.2, 0) is 14.4 Å². The van der Waals surface area contributed by atoms with Crippen molar-refractivity contribution < 1.29 is 19.5 Å². The molecular formula is C17H18N4O4S2. The molecule has 0 unspecified atom stereocenters. The van der Waals surface area contributed by atoms with Crippen molar-refractivity contribution in [3.8, 4) is 0 Å². The lowest BCUT2D eigenvalue weighted by molar-refractivity contribution is -0.132. The van der Waals surface area contributed by atoms with Crippen molar-refractivity contribution in [1.82, 2.24) is 10.2 Å². The van der Waals surface area contributed by atoms with Gasteiger partial charge in [-0.15, -0.1) is 22.0 Å². The second-order valence-corrected chi connectivity index (χ2v) is 8.12. The Labute approximate surface area is 164 Å². The number of thioether (sulfide) groups is 1. The first kappa shape index (κ1) is 20.6. The molecule has 0 spiro atoms. The van der Waals surface area contributed by atoms with Gasteiger partial charge in [-0.25, -0.2) is 4.79 Å². The van der Waals surface area contributed by atoms with E-state index >= 15 is 0 Å². The van der Waals surface area contributed by atoms with Crippen LogP contribution in [0, 0.1) is 6.92 Å². The van der Waals surface area contributed by atoms with Crippen LogP contribution in [0.3, 0.4) is 0 Å². The maximum Gasteiger partial charge on any atom is 0.331 e. The quantitative estimate of drug-likeness (QED) is 0.477. The molecule has 1 aromatic carbocycles. The van der Waals surface area contributed by atoms with Crippen molar-refractivity contribution in [3.05, 3.63) is 40.9 Å². The Bertz CT molecular complexity index is 877. The maximum atomic E-state index is 12.2. The van der Waals surface area contributed by atoms with Crippen LogP contribution < -0.4 is 10.6 Å². The number of carbonyl (C=O) groups is 3. The molecule has 0 bridgehead atoms. The fraction of sp³-hybridized carbons (Fsp3) is 0.235. The number of nitrogens with zero attached hydrogens (tertiary/aromatic N) is 2. The molecule has 0 fully saturated rings. The van der Waals surface area contributed by atoms with Crippen LogP contribution in [0.15, 0.2) is 40.8 Å². The third-order valence-corrected chi connectivity index (χ3v) is 5.11. The summed E-state index contributed by atoms with van der Waals surface area (Å²) in [5.74, 6) is -1.84. The summed E-state index contributed by atoms with van der Waals surface area (Å²) in [6.07, 6.45) is 1.02. The van der Waals surface area contributed by atoms with Crippen molar-refractivity contribution in [3.63, 3.8) is 0 Å². The summed E-state index contributed by atoms with van der Waals surface area (Å²) in [6.45, 7) is 4.94. The number of benzene rings is 1. The fourth-order valence-corrected chi connectivity index (χ4v) is 3.33. The van der Waals surface area contributed by atoms with Crippen molar-refractivity contribution in [2.24, 2.45) is 0 Å². The predicted molar refractivity (Wildman–Crippen MR) is 105 cm³/mol. The Morgan fingerprint density at radius 3 is 2.41 bits per heavy atom. The molecule has 2 rings (SSSR count). The van der Waals surface area contributed by atoms with Crippen LogP contribution in [0.1, 0.15) is 18.9 Å². The highest BCUT2D eigenvalue weighted by molar-refractivity contribution is 8.00. The van der Waals surface area contributed by atoms with Gasteiger partial charge in [0.25, 0.3) is 0 Å². The van der Waals surface area contributed by atoms with Crippen LogP contribution in [0.25, 0.3) is 0 Å². The van der Waals surface area contributed by atoms with E-state index in [-0.39, 0.29) is 16.7 Å². The number of amides is 2. The van der Waals surface area contributed by atoms with Crippen LogP contribution in [0.4, 0.5) is 10.8 Å². The zero-order chi connectivity index (χ0) is 20.0. The molecule has 0 saturated carbocycles.